The van der Waals surface area contributed by atoms with E-state index in [4.69, 9.17) is 33.2 Å². The number of fused-ring (bicyclic) bond motifs is 3. The third-order valence-electron chi connectivity index (χ3n) is 9.10. The van der Waals surface area contributed by atoms with Crippen LogP contribution in [0.2, 0.25) is 0 Å². The molecule has 0 bridgehead atoms. The van der Waals surface area contributed by atoms with Gasteiger partial charge in [0, 0.05) is 17.9 Å². The highest BCUT2D eigenvalue weighted by Gasteiger charge is 2.67. The lowest BCUT2D eigenvalue weighted by atomic mass is 9.71. The molecule has 3 heterocycles. The van der Waals surface area contributed by atoms with Gasteiger partial charge in [-0.05, 0) is 46.0 Å². The largest absolute Gasteiger partial charge is 0.481 e. The summed E-state index contributed by atoms with van der Waals surface area (Å²) in [4.78, 5) is 49.3. The monoisotopic (exact) mass is 580 g/mol. The van der Waals surface area contributed by atoms with Gasteiger partial charge >= 0.3 is 23.9 Å². The van der Waals surface area contributed by atoms with Crippen LogP contribution in [0.1, 0.15) is 71.6 Å². The molecule has 0 aromatic heterocycles. The second-order valence-electron chi connectivity index (χ2n) is 11.8. The summed E-state index contributed by atoms with van der Waals surface area (Å²) in [6.45, 7) is 6.10. The predicted octanol–water partition coefficient (Wildman–Crippen LogP) is 2.66. The van der Waals surface area contributed by atoms with Gasteiger partial charge in [0.25, 0.3) is 0 Å². The third-order valence-corrected chi connectivity index (χ3v) is 9.10. The maximum atomic E-state index is 13.0. The van der Waals surface area contributed by atoms with Crippen molar-refractivity contribution >= 4 is 23.9 Å². The van der Waals surface area contributed by atoms with Crippen molar-refractivity contribution in [3.63, 3.8) is 0 Å². The van der Waals surface area contributed by atoms with E-state index in [1.807, 2.05) is 0 Å². The molecule has 0 aromatic rings. The Morgan fingerprint density at radius 3 is 2.34 bits per heavy atom. The first-order valence-electron chi connectivity index (χ1n) is 14.7. The van der Waals surface area contributed by atoms with E-state index >= 15 is 0 Å². The van der Waals surface area contributed by atoms with Crippen molar-refractivity contribution in [3.05, 3.63) is 12.2 Å². The van der Waals surface area contributed by atoms with Gasteiger partial charge in [-0.2, -0.15) is 0 Å². The fraction of sp³-hybridized carbons (Fsp3) is 0.793. The van der Waals surface area contributed by atoms with E-state index in [9.17, 15) is 24.3 Å². The Labute approximate surface area is 238 Å². The fourth-order valence-electron chi connectivity index (χ4n) is 7.23. The van der Waals surface area contributed by atoms with E-state index in [2.05, 4.69) is 6.58 Å². The number of carbonyl (C=O) groups is 4. The summed E-state index contributed by atoms with van der Waals surface area (Å²) in [6.07, 6.45) is 2.90. The van der Waals surface area contributed by atoms with Gasteiger partial charge in [-0.1, -0.05) is 25.8 Å². The Morgan fingerprint density at radius 1 is 0.927 bits per heavy atom. The van der Waals surface area contributed by atoms with Gasteiger partial charge < -0.3 is 38.3 Å². The summed E-state index contributed by atoms with van der Waals surface area (Å²) in [5.41, 5.74) is -0.749. The molecular formula is C29H40O12. The molecule has 0 amide bonds. The molecule has 12 heteroatoms. The molecule has 5 fully saturated rings. The van der Waals surface area contributed by atoms with Crippen molar-refractivity contribution in [3.8, 4) is 0 Å². The summed E-state index contributed by atoms with van der Waals surface area (Å²) in [5, 5.41) is 10.0. The van der Waals surface area contributed by atoms with Crippen LogP contribution in [0.25, 0.3) is 0 Å². The zero-order valence-corrected chi connectivity index (χ0v) is 23.7. The topological polar surface area (TPSA) is 153 Å². The number of esters is 3. The molecule has 2 saturated carbocycles. The first-order chi connectivity index (χ1) is 19.6. The maximum Gasteiger partial charge on any atom is 0.344 e. The van der Waals surface area contributed by atoms with Crippen LogP contribution in [-0.4, -0.2) is 84.8 Å². The molecule has 5 aliphatic rings. The highest BCUT2D eigenvalue weighted by molar-refractivity contribution is 5.88. The number of ether oxygens (including phenoxy) is 7. The summed E-state index contributed by atoms with van der Waals surface area (Å²) in [7, 11) is 0. The zero-order chi connectivity index (χ0) is 29.4. The third kappa shape index (κ3) is 5.76. The predicted molar refractivity (Wildman–Crippen MR) is 138 cm³/mol. The van der Waals surface area contributed by atoms with Crippen LogP contribution in [0.3, 0.4) is 0 Å². The Morgan fingerprint density at radius 2 is 1.63 bits per heavy atom. The number of hydrogen-bond acceptors (Lipinski definition) is 11. The highest BCUT2D eigenvalue weighted by atomic mass is 16.8. The molecule has 8 unspecified atom stereocenters. The van der Waals surface area contributed by atoms with Gasteiger partial charge in [-0.25, -0.2) is 9.59 Å². The Hall–Kier alpha value is -2.54. The van der Waals surface area contributed by atoms with Crippen molar-refractivity contribution in [2.24, 2.45) is 17.8 Å². The first kappa shape index (κ1) is 29.9. The molecule has 41 heavy (non-hydrogen) atoms. The summed E-state index contributed by atoms with van der Waals surface area (Å²) in [6, 6.07) is 0. The van der Waals surface area contributed by atoms with E-state index in [0.29, 0.717) is 32.1 Å². The van der Waals surface area contributed by atoms with Gasteiger partial charge in [0.05, 0.1) is 24.2 Å². The van der Waals surface area contributed by atoms with E-state index < -0.39 is 72.3 Å². The van der Waals surface area contributed by atoms with Crippen LogP contribution >= 0.6 is 0 Å². The molecule has 12 nitrogen and oxygen atoms in total. The average molecular weight is 581 g/mol. The number of carboxylic acids is 1. The van der Waals surface area contributed by atoms with Crippen LogP contribution < -0.4 is 0 Å². The highest BCUT2D eigenvalue weighted by Crippen LogP contribution is 2.56. The molecule has 2 spiro atoms. The number of rotatable bonds is 8. The molecule has 1 N–H and O–H groups in total. The Balaban J connectivity index is 1.38. The summed E-state index contributed by atoms with van der Waals surface area (Å²) >= 11 is 0. The summed E-state index contributed by atoms with van der Waals surface area (Å²) in [5.74, 6) is -5.66. The lowest BCUT2D eigenvalue weighted by Crippen LogP contribution is -2.53. The molecule has 0 radical (unpaired) electrons. The van der Waals surface area contributed by atoms with Gasteiger partial charge in [-0.3, -0.25) is 9.59 Å². The minimum atomic E-state index is -1.23. The number of carbonyl (C=O) groups excluding carboxylic acids is 3. The second kappa shape index (κ2) is 12.0. The molecule has 228 valence electrons. The molecule has 2 aliphatic carbocycles. The quantitative estimate of drug-likeness (QED) is 0.255. The van der Waals surface area contributed by atoms with Crippen molar-refractivity contribution in [1.29, 1.82) is 0 Å². The summed E-state index contributed by atoms with van der Waals surface area (Å²) < 4.78 is 41.8. The zero-order valence-electron chi connectivity index (χ0n) is 23.7. The SMILES string of the molecule is C=C(C)C(=O)OCC(=O)OCC1OC2OC3(CCCCC3C(=O)O)C[C@@H]2C2OC3(CCCCC3C(=O)OCC)OC12. The average Bonchev–Trinajstić information content (AvgIpc) is 3.49. The molecule has 3 aliphatic heterocycles. The van der Waals surface area contributed by atoms with Crippen LogP contribution in [0, 0.1) is 17.8 Å². The Kier molecular flexibility index (Phi) is 8.75. The minimum Gasteiger partial charge on any atom is -0.481 e. The standard InChI is InChI=1S/C29H40O12/c1-4-35-26(34)19-10-6-8-12-29(19)39-22-17-13-28(11-7-5-9-18(28)24(31)32)41-27(17)38-20(23(22)40-29)14-36-21(30)15-37-25(33)16(2)3/h17-20,22-23,27H,2,4-15H2,1,3H3,(H,31,32)/t17-,18?,19?,20?,22?,23?,27?,28?,29?/m1/s1. The van der Waals surface area contributed by atoms with Crippen LogP contribution in [0.5, 0.6) is 0 Å². The van der Waals surface area contributed by atoms with Gasteiger partial charge in [0.15, 0.2) is 18.7 Å². The van der Waals surface area contributed by atoms with Crippen molar-refractivity contribution < 1.29 is 57.4 Å². The van der Waals surface area contributed by atoms with Crippen LogP contribution in [0.15, 0.2) is 12.2 Å². The number of carboxylic acid groups (broad SMARTS) is 1. The van der Waals surface area contributed by atoms with E-state index in [1.165, 1.54) is 6.92 Å². The molecule has 3 saturated heterocycles. The van der Waals surface area contributed by atoms with Gasteiger partial charge in [0.1, 0.15) is 24.7 Å². The maximum absolute atomic E-state index is 13.0. The minimum absolute atomic E-state index is 0.155. The van der Waals surface area contributed by atoms with Crippen LogP contribution in [0.4, 0.5) is 0 Å². The van der Waals surface area contributed by atoms with E-state index in [-0.39, 0.29) is 30.7 Å². The Bertz CT molecular complexity index is 1060. The number of hydrogen-bond donors (Lipinski definition) is 1. The number of aliphatic carboxylic acids is 1. The molecule has 0 aromatic carbocycles. The first-order valence-corrected chi connectivity index (χ1v) is 14.7. The normalized spacial score (nSPS) is 39.5. The van der Waals surface area contributed by atoms with Crippen molar-refractivity contribution in [2.75, 3.05) is 19.8 Å². The molecule has 5 rings (SSSR count). The van der Waals surface area contributed by atoms with E-state index in [1.54, 1.807) is 6.92 Å². The van der Waals surface area contributed by atoms with Gasteiger partial charge in [-0.15, -0.1) is 0 Å². The molecule has 9 atom stereocenters. The van der Waals surface area contributed by atoms with Crippen molar-refractivity contribution in [1.82, 2.24) is 0 Å². The van der Waals surface area contributed by atoms with Gasteiger partial charge in [0.2, 0.25) is 0 Å². The van der Waals surface area contributed by atoms with E-state index in [0.717, 1.165) is 25.7 Å². The fourth-order valence-corrected chi connectivity index (χ4v) is 7.23. The smallest absolute Gasteiger partial charge is 0.344 e. The van der Waals surface area contributed by atoms with Crippen molar-refractivity contribution in [2.45, 2.75) is 108 Å². The second-order valence-corrected chi connectivity index (χ2v) is 11.8. The lowest BCUT2D eigenvalue weighted by Gasteiger charge is -2.39. The lowest BCUT2D eigenvalue weighted by molar-refractivity contribution is -0.267. The van der Waals surface area contributed by atoms with Crippen LogP contribution in [-0.2, 0) is 52.3 Å². The molecular weight excluding hydrogens is 540 g/mol.